The van der Waals surface area contributed by atoms with Crippen molar-refractivity contribution in [3.05, 3.63) is 0 Å². The molecule has 1 rings (SSSR count). The van der Waals surface area contributed by atoms with E-state index in [2.05, 4.69) is 5.32 Å². The number of nitrogens with one attached hydrogen (secondary N) is 1. The summed E-state index contributed by atoms with van der Waals surface area (Å²) in [6.07, 6.45) is 3.72. The number of nitrogens with two attached hydrogens (primary N) is 1. The second kappa shape index (κ2) is 5.72. The Morgan fingerprint density at radius 2 is 2.12 bits per heavy atom. The van der Waals surface area contributed by atoms with Gasteiger partial charge in [-0.15, -0.1) is 0 Å². The first-order valence-electron chi connectivity index (χ1n) is 5.43. The van der Waals surface area contributed by atoms with E-state index in [1.165, 1.54) is 0 Å². The van der Waals surface area contributed by atoms with Gasteiger partial charge in [-0.25, -0.2) is 4.79 Å². The molecule has 1 saturated heterocycles. The molecule has 1 aliphatic rings. The smallest absolute Gasteiger partial charge is 0.317 e. The fraction of sp³-hybridized carbons (Fsp3) is 0.800. The summed E-state index contributed by atoms with van der Waals surface area (Å²) < 4.78 is -0.113. The van der Waals surface area contributed by atoms with Crippen molar-refractivity contribution in [1.82, 2.24) is 10.2 Å². The zero-order chi connectivity index (χ0) is 12.2. The van der Waals surface area contributed by atoms with Crippen LogP contribution < -0.4 is 11.1 Å². The summed E-state index contributed by atoms with van der Waals surface area (Å²) in [7, 11) is 0. The van der Waals surface area contributed by atoms with Gasteiger partial charge in [0, 0.05) is 19.6 Å². The number of thioether (sulfide) groups is 1. The number of likely N-dealkylation sites (tertiary alicyclic amines) is 1. The lowest BCUT2D eigenvalue weighted by Gasteiger charge is -2.39. The Balaban J connectivity index is 2.56. The SMILES string of the molecule is CCNC(=O)N1CCC(SC)(C(N)=S)CC1. The fourth-order valence-electron chi connectivity index (χ4n) is 1.89. The van der Waals surface area contributed by atoms with Crippen molar-refractivity contribution in [3.8, 4) is 0 Å². The molecule has 0 unspecified atom stereocenters. The van der Waals surface area contributed by atoms with Gasteiger partial charge in [-0.2, -0.15) is 11.8 Å². The van der Waals surface area contributed by atoms with Crippen LogP contribution in [0, 0.1) is 0 Å². The summed E-state index contributed by atoms with van der Waals surface area (Å²) in [6, 6.07) is 0.0140. The van der Waals surface area contributed by atoms with E-state index >= 15 is 0 Å². The predicted octanol–water partition coefficient (Wildman–Crippen LogP) is 1.20. The first kappa shape index (κ1) is 13.6. The number of carbonyl (C=O) groups excluding carboxylic acids is 1. The van der Waals surface area contributed by atoms with E-state index in [1.807, 2.05) is 18.1 Å². The van der Waals surface area contributed by atoms with Gasteiger partial charge >= 0.3 is 6.03 Å². The molecule has 0 radical (unpaired) electrons. The molecule has 3 N–H and O–H groups in total. The highest BCUT2D eigenvalue weighted by Crippen LogP contribution is 2.34. The van der Waals surface area contributed by atoms with Crippen LogP contribution in [0.4, 0.5) is 4.79 Å². The Morgan fingerprint density at radius 1 is 1.56 bits per heavy atom. The zero-order valence-electron chi connectivity index (χ0n) is 9.78. The van der Waals surface area contributed by atoms with E-state index in [-0.39, 0.29) is 10.8 Å². The zero-order valence-corrected chi connectivity index (χ0v) is 11.4. The van der Waals surface area contributed by atoms with Gasteiger partial charge < -0.3 is 16.0 Å². The lowest BCUT2D eigenvalue weighted by Crippen LogP contribution is -2.52. The summed E-state index contributed by atoms with van der Waals surface area (Å²) in [6.45, 7) is 4.04. The number of urea groups is 1. The first-order valence-corrected chi connectivity index (χ1v) is 7.07. The quantitative estimate of drug-likeness (QED) is 0.750. The number of thiocarbonyl (C=S) groups is 1. The number of nitrogens with zero attached hydrogens (tertiary/aromatic N) is 1. The van der Waals surface area contributed by atoms with Gasteiger partial charge in [0.1, 0.15) is 0 Å². The molecule has 1 heterocycles. The minimum atomic E-state index is -0.113. The summed E-state index contributed by atoms with van der Waals surface area (Å²) >= 11 is 6.82. The third-order valence-electron chi connectivity index (χ3n) is 3.03. The van der Waals surface area contributed by atoms with E-state index in [1.54, 1.807) is 11.8 Å². The van der Waals surface area contributed by atoms with E-state index in [0.29, 0.717) is 11.5 Å². The first-order chi connectivity index (χ1) is 7.55. The molecule has 0 aromatic carbocycles. The highest BCUT2D eigenvalue weighted by molar-refractivity contribution is 8.02. The molecule has 0 aromatic rings. The molecule has 4 nitrogen and oxygen atoms in total. The number of hydrogen-bond donors (Lipinski definition) is 2. The summed E-state index contributed by atoms with van der Waals surface area (Å²) in [5.74, 6) is 0. The van der Waals surface area contributed by atoms with E-state index < -0.39 is 0 Å². The van der Waals surface area contributed by atoms with E-state index in [0.717, 1.165) is 25.9 Å². The van der Waals surface area contributed by atoms with Crippen LogP contribution in [-0.2, 0) is 0 Å². The number of hydrogen-bond acceptors (Lipinski definition) is 3. The molecule has 0 bridgehead atoms. The van der Waals surface area contributed by atoms with Crippen LogP contribution in [0.25, 0.3) is 0 Å². The van der Waals surface area contributed by atoms with Gasteiger partial charge in [0.05, 0.1) is 9.74 Å². The Morgan fingerprint density at radius 3 is 2.50 bits per heavy atom. The number of piperidine rings is 1. The van der Waals surface area contributed by atoms with Gasteiger partial charge in [0.25, 0.3) is 0 Å². The maximum atomic E-state index is 11.6. The second-order valence-corrected chi connectivity index (χ2v) is 5.51. The minimum absolute atomic E-state index is 0.0140. The summed E-state index contributed by atoms with van der Waals surface area (Å²) in [5.41, 5.74) is 5.78. The molecular weight excluding hydrogens is 242 g/mol. The van der Waals surface area contributed by atoms with Gasteiger partial charge in [-0.1, -0.05) is 12.2 Å². The third kappa shape index (κ3) is 2.79. The molecule has 6 heteroatoms. The summed E-state index contributed by atoms with van der Waals surface area (Å²) in [5, 5.41) is 2.81. The van der Waals surface area contributed by atoms with E-state index in [4.69, 9.17) is 18.0 Å². The molecule has 16 heavy (non-hydrogen) atoms. The van der Waals surface area contributed by atoms with Crippen LogP contribution >= 0.6 is 24.0 Å². The predicted molar refractivity (Wildman–Crippen MR) is 72.9 cm³/mol. The molecule has 0 aliphatic carbocycles. The van der Waals surface area contributed by atoms with Crippen molar-refractivity contribution < 1.29 is 4.79 Å². The van der Waals surface area contributed by atoms with Crippen molar-refractivity contribution in [2.75, 3.05) is 25.9 Å². The standard InChI is InChI=1S/C10H19N3OS2/c1-3-12-9(14)13-6-4-10(16-2,5-7-13)8(11)15/h3-7H2,1-2H3,(H2,11,15)(H,12,14). The maximum Gasteiger partial charge on any atom is 0.317 e. The van der Waals surface area contributed by atoms with Gasteiger partial charge in [0.2, 0.25) is 0 Å². The van der Waals surface area contributed by atoms with Crippen molar-refractivity contribution in [2.24, 2.45) is 5.73 Å². The highest BCUT2D eigenvalue weighted by atomic mass is 32.2. The molecule has 0 atom stereocenters. The van der Waals surface area contributed by atoms with Crippen LogP contribution in [-0.4, -0.2) is 46.6 Å². The Labute approximate surface area is 106 Å². The fourth-order valence-corrected chi connectivity index (χ4v) is 3.13. The van der Waals surface area contributed by atoms with Crippen LogP contribution in [0.3, 0.4) is 0 Å². The topological polar surface area (TPSA) is 58.4 Å². The number of rotatable bonds is 3. The molecule has 0 saturated carbocycles. The van der Waals surface area contributed by atoms with Crippen LogP contribution in [0.15, 0.2) is 0 Å². The van der Waals surface area contributed by atoms with Crippen LogP contribution in [0.2, 0.25) is 0 Å². The van der Waals surface area contributed by atoms with Crippen molar-refractivity contribution in [2.45, 2.75) is 24.5 Å². The van der Waals surface area contributed by atoms with Gasteiger partial charge in [-0.05, 0) is 26.0 Å². The number of carbonyl (C=O) groups is 1. The van der Waals surface area contributed by atoms with Crippen molar-refractivity contribution >= 4 is 35.0 Å². The number of amides is 2. The Hall–Kier alpha value is -0.490. The lowest BCUT2D eigenvalue weighted by atomic mass is 9.96. The normalized spacial score (nSPS) is 19.2. The molecule has 0 aromatic heterocycles. The van der Waals surface area contributed by atoms with Crippen LogP contribution in [0.5, 0.6) is 0 Å². The highest BCUT2D eigenvalue weighted by Gasteiger charge is 2.37. The average molecular weight is 261 g/mol. The Kier molecular flexibility index (Phi) is 4.86. The van der Waals surface area contributed by atoms with Gasteiger partial charge in [-0.3, -0.25) is 0 Å². The van der Waals surface area contributed by atoms with E-state index in [9.17, 15) is 4.79 Å². The molecular formula is C10H19N3OS2. The lowest BCUT2D eigenvalue weighted by molar-refractivity contribution is 0.184. The van der Waals surface area contributed by atoms with Crippen LogP contribution in [0.1, 0.15) is 19.8 Å². The Bertz CT molecular complexity index is 275. The van der Waals surface area contributed by atoms with Gasteiger partial charge in [0.15, 0.2) is 0 Å². The minimum Gasteiger partial charge on any atom is -0.392 e. The molecule has 2 amide bonds. The molecule has 92 valence electrons. The monoisotopic (exact) mass is 261 g/mol. The maximum absolute atomic E-state index is 11.6. The average Bonchev–Trinajstić information content (AvgIpc) is 2.29. The largest absolute Gasteiger partial charge is 0.392 e. The van der Waals surface area contributed by atoms with Crippen molar-refractivity contribution in [3.63, 3.8) is 0 Å². The summed E-state index contributed by atoms with van der Waals surface area (Å²) in [4.78, 5) is 14.0. The molecule has 0 spiro atoms. The third-order valence-corrected chi connectivity index (χ3v) is 4.96. The molecule has 1 aliphatic heterocycles. The molecule has 1 fully saturated rings. The second-order valence-electron chi connectivity index (χ2n) is 3.89. The van der Waals surface area contributed by atoms with Crippen molar-refractivity contribution in [1.29, 1.82) is 0 Å².